The first-order valence-electron chi connectivity index (χ1n) is 5.80. The summed E-state index contributed by atoms with van der Waals surface area (Å²) in [6.07, 6.45) is 3.41. The maximum absolute atomic E-state index is 12.0. The molecule has 5 nitrogen and oxygen atoms in total. The standard InChI is InChI=1S/C11H16ClN3O2S/c1-15-6-2-3-9(15)7-14-18(16,17)10-4-5-11(12)13-8-10/h4-5,8-9,14H,2-3,6-7H2,1H3. The van der Waals surface area contributed by atoms with Crippen LogP contribution in [0.5, 0.6) is 0 Å². The van der Waals surface area contributed by atoms with Crippen molar-refractivity contribution in [2.75, 3.05) is 20.1 Å². The highest BCUT2D eigenvalue weighted by molar-refractivity contribution is 7.89. The zero-order valence-corrected chi connectivity index (χ0v) is 11.7. The second kappa shape index (κ2) is 5.52. The fraction of sp³-hybridized carbons (Fsp3) is 0.545. The molecule has 2 heterocycles. The lowest BCUT2D eigenvalue weighted by Gasteiger charge is -2.19. The summed E-state index contributed by atoms with van der Waals surface area (Å²) >= 11 is 5.63. The Morgan fingerprint density at radius 3 is 2.89 bits per heavy atom. The molecule has 0 amide bonds. The number of pyridine rings is 1. The Kier molecular flexibility index (Phi) is 4.21. The van der Waals surface area contributed by atoms with Gasteiger partial charge in [0.05, 0.1) is 0 Å². The number of rotatable bonds is 4. The van der Waals surface area contributed by atoms with E-state index < -0.39 is 10.0 Å². The van der Waals surface area contributed by atoms with Gasteiger partial charge in [-0.25, -0.2) is 18.1 Å². The average molecular weight is 290 g/mol. The third kappa shape index (κ3) is 3.20. The molecule has 0 radical (unpaired) electrons. The number of nitrogens with zero attached hydrogens (tertiary/aromatic N) is 2. The topological polar surface area (TPSA) is 62.3 Å². The fourth-order valence-electron chi connectivity index (χ4n) is 2.05. The van der Waals surface area contributed by atoms with Gasteiger partial charge >= 0.3 is 0 Å². The van der Waals surface area contributed by atoms with Crippen molar-refractivity contribution in [2.24, 2.45) is 0 Å². The summed E-state index contributed by atoms with van der Waals surface area (Å²) < 4.78 is 26.6. The minimum absolute atomic E-state index is 0.146. The number of hydrogen-bond acceptors (Lipinski definition) is 4. The van der Waals surface area contributed by atoms with Gasteiger partial charge in [-0.05, 0) is 38.6 Å². The number of nitrogens with one attached hydrogen (secondary N) is 1. The largest absolute Gasteiger partial charge is 0.302 e. The van der Waals surface area contributed by atoms with Gasteiger partial charge in [-0.1, -0.05) is 11.6 Å². The molecule has 1 aromatic heterocycles. The fourth-order valence-corrected chi connectivity index (χ4v) is 3.18. The van der Waals surface area contributed by atoms with Gasteiger partial charge in [-0.15, -0.1) is 0 Å². The molecule has 2 rings (SSSR count). The molecule has 18 heavy (non-hydrogen) atoms. The van der Waals surface area contributed by atoms with Crippen LogP contribution in [-0.4, -0.2) is 44.5 Å². The number of halogens is 1. The summed E-state index contributed by atoms with van der Waals surface area (Å²) in [5.74, 6) is 0. The number of aromatic nitrogens is 1. The van der Waals surface area contributed by atoms with Crippen LogP contribution in [0.25, 0.3) is 0 Å². The smallest absolute Gasteiger partial charge is 0.242 e. The van der Waals surface area contributed by atoms with Crippen LogP contribution in [0.1, 0.15) is 12.8 Å². The third-order valence-corrected chi connectivity index (χ3v) is 4.82. The molecule has 1 fully saturated rings. The van der Waals surface area contributed by atoms with E-state index >= 15 is 0 Å². The van der Waals surface area contributed by atoms with E-state index in [4.69, 9.17) is 11.6 Å². The Morgan fingerprint density at radius 2 is 2.33 bits per heavy atom. The Balaban J connectivity index is 2.01. The number of likely N-dealkylation sites (tertiary alicyclic amines) is 1. The molecule has 1 aliphatic rings. The van der Waals surface area contributed by atoms with Gasteiger partial charge in [0.1, 0.15) is 10.0 Å². The van der Waals surface area contributed by atoms with Crippen LogP contribution in [0.4, 0.5) is 0 Å². The van der Waals surface area contributed by atoms with E-state index in [9.17, 15) is 8.42 Å². The summed E-state index contributed by atoms with van der Waals surface area (Å²) in [7, 11) is -1.48. The Bertz CT molecular complexity index is 504. The van der Waals surface area contributed by atoms with Crippen LogP contribution < -0.4 is 4.72 Å². The second-order valence-electron chi connectivity index (χ2n) is 4.45. The second-order valence-corrected chi connectivity index (χ2v) is 6.60. The minimum atomic E-state index is -3.49. The van der Waals surface area contributed by atoms with Gasteiger partial charge in [0, 0.05) is 18.8 Å². The van der Waals surface area contributed by atoms with Crippen molar-refractivity contribution in [3.63, 3.8) is 0 Å². The molecule has 7 heteroatoms. The summed E-state index contributed by atoms with van der Waals surface area (Å²) in [5.41, 5.74) is 0. The van der Waals surface area contributed by atoms with Gasteiger partial charge < -0.3 is 4.90 Å². The Hall–Kier alpha value is -0.690. The van der Waals surface area contributed by atoms with Gasteiger partial charge in [-0.3, -0.25) is 0 Å². The molecule has 0 bridgehead atoms. The van der Waals surface area contributed by atoms with E-state index in [-0.39, 0.29) is 16.1 Å². The van der Waals surface area contributed by atoms with E-state index in [1.807, 2.05) is 7.05 Å². The van der Waals surface area contributed by atoms with Crippen molar-refractivity contribution in [3.8, 4) is 0 Å². The molecule has 0 aromatic carbocycles. The van der Waals surface area contributed by atoms with Crippen LogP contribution >= 0.6 is 11.6 Å². The summed E-state index contributed by atoms with van der Waals surface area (Å²) in [5, 5.41) is 0.282. The molecule has 0 saturated carbocycles. The van der Waals surface area contributed by atoms with Crippen molar-refractivity contribution in [1.82, 2.24) is 14.6 Å². The van der Waals surface area contributed by atoms with Crippen LogP contribution in [-0.2, 0) is 10.0 Å². The Labute approximate surface area is 112 Å². The van der Waals surface area contributed by atoms with Crippen LogP contribution in [0, 0.1) is 0 Å². The van der Waals surface area contributed by atoms with Crippen LogP contribution in [0.2, 0.25) is 5.15 Å². The lowest BCUT2D eigenvalue weighted by molar-refractivity contribution is 0.311. The van der Waals surface area contributed by atoms with Crippen LogP contribution in [0.15, 0.2) is 23.2 Å². The minimum Gasteiger partial charge on any atom is -0.302 e. The van der Waals surface area contributed by atoms with E-state index in [0.29, 0.717) is 6.54 Å². The highest BCUT2D eigenvalue weighted by atomic mass is 35.5. The highest BCUT2D eigenvalue weighted by Gasteiger charge is 2.23. The first-order valence-corrected chi connectivity index (χ1v) is 7.66. The average Bonchev–Trinajstić information content (AvgIpc) is 2.73. The van der Waals surface area contributed by atoms with Crippen LogP contribution in [0.3, 0.4) is 0 Å². The van der Waals surface area contributed by atoms with E-state index in [1.165, 1.54) is 18.3 Å². The zero-order chi connectivity index (χ0) is 13.2. The summed E-state index contributed by atoms with van der Waals surface area (Å²) in [4.78, 5) is 6.09. The van der Waals surface area contributed by atoms with Crippen molar-refractivity contribution in [3.05, 3.63) is 23.5 Å². The molecular formula is C11H16ClN3O2S. The molecule has 1 aromatic rings. The van der Waals surface area contributed by atoms with E-state index in [0.717, 1.165) is 19.4 Å². The van der Waals surface area contributed by atoms with Crippen molar-refractivity contribution in [2.45, 2.75) is 23.8 Å². The molecule has 1 atom stereocenters. The molecule has 0 spiro atoms. The van der Waals surface area contributed by atoms with E-state index in [1.54, 1.807) is 0 Å². The molecule has 1 unspecified atom stereocenters. The van der Waals surface area contributed by atoms with Crippen molar-refractivity contribution >= 4 is 21.6 Å². The molecule has 1 aliphatic heterocycles. The van der Waals surface area contributed by atoms with Gasteiger partial charge in [0.2, 0.25) is 10.0 Å². The molecule has 100 valence electrons. The zero-order valence-electron chi connectivity index (χ0n) is 10.1. The SMILES string of the molecule is CN1CCCC1CNS(=O)(=O)c1ccc(Cl)nc1. The van der Waals surface area contributed by atoms with Gasteiger partial charge in [0.25, 0.3) is 0 Å². The monoisotopic (exact) mass is 289 g/mol. The third-order valence-electron chi connectivity index (χ3n) is 3.19. The number of hydrogen-bond donors (Lipinski definition) is 1. The molecular weight excluding hydrogens is 274 g/mol. The maximum atomic E-state index is 12.0. The normalized spacial score (nSPS) is 21.3. The number of sulfonamides is 1. The summed E-state index contributed by atoms with van der Waals surface area (Å²) in [6.45, 7) is 1.45. The molecule has 1 saturated heterocycles. The lowest BCUT2D eigenvalue weighted by atomic mass is 10.2. The molecule has 1 N–H and O–H groups in total. The van der Waals surface area contributed by atoms with E-state index in [2.05, 4.69) is 14.6 Å². The van der Waals surface area contributed by atoms with Crippen molar-refractivity contribution < 1.29 is 8.42 Å². The predicted molar refractivity (Wildman–Crippen MR) is 70.1 cm³/mol. The maximum Gasteiger partial charge on any atom is 0.242 e. The van der Waals surface area contributed by atoms with Gasteiger partial charge in [-0.2, -0.15) is 0 Å². The summed E-state index contributed by atoms with van der Waals surface area (Å²) in [6, 6.07) is 3.20. The quantitative estimate of drug-likeness (QED) is 0.844. The molecule has 0 aliphatic carbocycles. The van der Waals surface area contributed by atoms with Crippen molar-refractivity contribution in [1.29, 1.82) is 0 Å². The predicted octanol–water partition coefficient (Wildman–Crippen LogP) is 1.11. The highest BCUT2D eigenvalue weighted by Crippen LogP contribution is 2.15. The lowest BCUT2D eigenvalue weighted by Crippen LogP contribution is -2.38. The first kappa shape index (κ1) is 13.7. The first-order chi connectivity index (χ1) is 8.49. The Morgan fingerprint density at radius 1 is 1.56 bits per heavy atom. The number of likely N-dealkylation sites (N-methyl/N-ethyl adjacent to an activating group) is 1. The van der Waals surface area contributed by atoms with Gasteiger partial charge in [0.15, 0.2) is 0 Å².